The van der Waals surface area contributed by atoms with Crippen molar-refractivity contribution in [2.24, 2.45) is 5.92 Å². The van der Waals surface area contributed by atoms with Gasteiger partial charge in [-0.05, 0) is 60.6 Å². The minimum Gasteiger partial charge on any atom is -0.395 e. The molecule has 5 nitrogen and oxygen atoms in total. The lowest BCUT2D eigenvalue weighted by atomic mass is 10.00. The van der Waals surface area contributed by atoms with Gasteiger partial charge in [0.2, 0.25) is 0 Å². The molecule has 1 saturated carbocycles. The summed E-state index contributed by atoms with van der Waals surface area (Å²) in [5, 5.41) is 15.2. The summed E-state index contributed by atoms with van der Waals surface area (Å²) in [7, 11) is 0. The Morgan fingerprint density at radius 2 is 2.15 bits per heavy atom. The molecule has 144 valence electrons. The summed E-state index contributed by atoms with van der Waals surface area (Å²) in [6, 6.07) is 8.15. The zero-order chi connectivity index (χ0) is 19.4. The number of nitrogens with zero attached hydrogens (tertiary/aromatic N) is 1. The molecule has 3 rings (SSSR count). The summed E-state index contributed by atoms with van der Waals surface area (Å²) in [5.74, 6) is -0.209. The topological polar surface area (TPSA) is 74.2 Å². The van der Waals surface area contributed by atoms with Crippen LogP contribution < -0.4 is 10.6 Å². The fraction of sp³-hybridized carbons (Fsp3) is 0.400. The van der Waals surface area contributed by atoms with E-state index in [0.717, 1.165) is 24.0 Å². The molecule has 1 amide bonds. The van der Waals surface area contributed by atoms with Crippen molar-refractivity contribution in [3.63, 3.8) is 0 Å². The molecule has 1 atom stereocenters. The molecule has 1 aromatic heterocycles. The van der Waals surface area contributed by atoms with Crippen molar-refractivity contribution < 1.29 is 14.3 Å². The Morgan fingerprint density at radius 1 is 1.37 bits per heavy atom. The normalized spacial score (nSPS) is 14.8. The van der Waals surface area contributed by atoms with Gasteiger partial charge in [-0.15, -0.1) is 0 Å². The summed E-state index contributed by atoms with van der Waals surface area (Å²) in [5.41, 5.74) is 2.52. The van der Waals surface area contributed by atoms with Gasteiger partial charge in [-0.25, -0.2) is 9.37 Å². The number of aliphatic hydroxyl groups excluding tert-OH is 1. The van der Waals surface area contributed by atoms with Gasteiger partial charge in [-0.1, -0.05) is 23.7 Å². The van der Waals surface area contributed by atoms with Gasteiger partial charge in [-0.3, -0.25) is 4.79 Å². The highest BCUT2D eigenvalue weighted by Crippen LogP contribution is 2.41. The predicted molar refractivity (Wildman–Crippen MR) is 102 cm³/mol. The molecule has 1 aromatic carbocycles. The second-order valence-electron chi connectivity index (χ2n) is 6.88. The van der Waals surface area contributed by atoms with E-state index in [4.69, 9.17) is 16.7 Å². The van der Waals surface area contributed by atoms with Gasteiger partial charge in [0.05, 0.1) is 12.6 Å². The zero-order valence-corrected chi connectivity index (χ0v) is 15.9. The third-order valence-corrected chi connectivity index (χ3v) is 4.82. The Kier molecular flexibility index (Phi) is 6.42. The number of hydrogen-bond acceptors (Lipinski definition) is 4. The molecule has 2 aromatic rings. The number of nitrogens with one attached hydrogen (secondary N) is 2. The van der Waals surface area contributed by atoms with Crippen LogP contribution in [0.5, 0.6) is 0 Å². The van der Waals surface area contributed by atoms with Crippen LogP contribution in [0.2, 0.25) is 5.15 Å². The minimum absolute atomic E-state index is 0.0340. The van der Waals surface area contributed by atoms with E-state index in [9.17, 15) is 9.18 Å². The summed E-state index contributed by atoms with van der Waals surface area (Å²) >= 11 is 6.06. The Bertz CT molecular complexity index is 827. The van der Waals surface area contributed by atoms with Crippen molar-refractivity contribution >= 4 is 17.5 Å². The van der Waals surface area contributed by atoms with Gasteiger partial charge in [0, 0.05) is 13.1 Å². The van der Waals surface area contributed by atoms with Crippen molar-refractivity contribution in [3.05, 3.63) is 63.7 Å². The van der Waals surface area contributed by atoms with E-state index in [1.54, 1.807) is 31.2 Å². The average molecular weight is 392 g/mol. The van der Waals surface area contributed by atoms with Crippen molar-refractivity contribution in [2.45, 2.75) is 32.4 Å². The van der Waals surface area contributed by atoms with Crippen LogP contribution in [-0.2, 0) is 6.54 Å². The highest BCUT2D eigenvalue weighted by atomic mass is 35.5. The number of amides is 1. The molecular formula is C20H23ClFN3O2. The van der Waals surface area contributed by atoms with Crippen LogP contribution in [0.3, 0.4) is 0 Å². The lowest BCUT2D eigenvalue weighted by Gasteiger charge is -2.19. The molecule has 0 spiro atoms. The summed E-state index contributed by atoms with van der Waals surface area (Å²) in [6.07, 6.45) is 2.06. The van der Waals surface area contributed by atoms with E-state index in [1.807, 2.05) is 0 Å². The standard InChI is InChI=1S/C20H23ClFN3O2/c1-12-8-15(4-5-16(12)22)19(14-2-3-14)25-20(27)17-9-13(10-18(21)24-17)11-23-6-7-26/h4-5,8-10,14,19,23,26H,2-3,6-7,11H2,1H3,(H,25,27). The maximum absolute atomic E-state index is 13.6. The largest absolute Gasteiger partial charge is 0.395 e. The zero-order valence-electron chi connectivity index (χ0n) is 15.1. The number of halogens is 2. The van der Waals surface area contributed by atoms with Crippen molar-refractivity contribution in [1.29, 1.82) is 0 Å². The van der Waals surface area contributed by atoms with E-state index in [2.05, 4.69) is 15.6 Å². The second-order valence-corrected chi connectivity index (χ2v) is 7.27. The molecule has 1 aliphatic carbocycles. The van der Waals surface area contributed by atoms with E-state index < -0.39 is 0 Å². The number of hydrogen-bond donors (Lipinski definition) is 3. The number of aryl methyl sites for hydroxylation is 1. The number of benzene rings is 1. The number of pyridine rings is 1. The van der Waals surface area contributed by atoms with Crippen molar-refractivity contribution in [3.8, 4) is 0 Å². The van der Waals surface area contributed by atoms with Crippen LogP contribution in [0, 0.1) is 18.7 Å². The maximum atomic E-state index is 13.6. The van der Waals surface area contributed by atoms with Gasteiger partial charge in [0.25, 0.3) is 5.91 Å². The number of aromatic nitrogens is 1. The second kappa shape index (κ2) is 8.78. The number of rotatable bonds is 8. The van der Waals surface area contributed by atoms with Crippen LogP contribution in [0.25, 0.3) is 0 Å². The summed E-state index contributed by atoms with van der Waals surface area (Å²) < 4.78 is 13.6. The van der Waals surface area contributed by atoms with E-state index in [1.165, 1.54) is 6.07 Å². The number of carbonyl (C=O) groups is 1. The Hall–Kier alpha value is -2.02. The van der Waals surface area contributed by atoms with E-state index >= 15 is 0 Å². The molecule has 27 heavy (non-hydrogen) atoms. The predicted octanol–water partition coefficient (Wildman–Crippen LogP) is 3.15. The molecule has 1 heterocycles. The summed E-state index contributed by atoms with van der Waals surface area (Å²) in [4.78, 5) is 16.9. The van der Waals surface area contributed by atoms with Crippen LogP contribution in [0.1, 0.15) is 46.1 Å². The molecule has 7 heteroatoms. The molecule has 0 saturated heterocycles. The summed E-state index contributed by atoms with van der Waals surface area (Å²) in [6.45, 7) is 2.68. The highest BCUT2D eigenvalue weighted by Gasteiger charge is 2.34. The quantitative estimate of drug-likeness (QED) is 0.477. The third kappa shape index (κ3) is 5.25. The number of carbonyl (C=O) groups excluding carboxylic acids is 1. The van der Waals surface area contributed by atoms with E-state index in [-0.39, 0.29) is 35.2 Å². The molecular weight excluding hydrogens is 369 g/mol. The molecule has 1 unspecified atom stereocenters. The molecule has 0 radical (unpaired) electrons. The average Bonchev–Trinajstić information content (AvgIpc) is 3.47. The Labute approximate surface area is 163 Å². The van der Waals surface area contributed by atoms with Gasteiger partial charge < -0.3 is 15.7 Å². The Balaban J connectivity index is 1.77. The lowest BCUT2D eigenvalue weighted by molar-refractivity contribution is 0.0926. The fourth-order valence-corrected chi connectivity index (χ4v) is 3.29. The fourth-order valence-electron chi connectivity index (χ4n) is 3.06. The first-order valence-electron chi connectivity index (χ1n) is 9.03. The molecule has 0 bridgehead atoms. The van der Waals surface area contributed by atoms with Crippen LogP contribution >= 0.6 is 11.6 Å². The first-order chi connectivity index (χ1) is 13.0. The van der Waals surface area contributed by atoms with E-state index in [0.29, 0.717) is 24.6 Å². The molecule has 3 N–H and O–H groups in total. The Morgan fingerprint density at radius 3 is 2.81 bits per heavy atom. The highest BCUT2D eigenvalue weighted by molar-refractivity contribution is 6.29. The van der Waals surface area contributed by atoms with Crippen LogP contribution in [0.15, 0.2) is 30.3 Å². The first kappa shape index (κ1) is 19.7. The SMILES string of the molecule is Cc1cc(C(NC(=O)c2cc(CNCCO)cc(Cl)n2)C2CC2)ccc1F. The monoisotopic (exact) mass is 391 g/mol. The minimum atomic E-state index is -0.306. The van der Waals surface area contributed by atoms with Crippen molar-refractivity contribution in [1.82, 2.24) is 15.6 Å². The van der Waals surface area contributed by atoms with Crippen molar-refractivity contribution in [2.75, 3.05) is 13.2 Å². The third-order valence-electron chi connectivity index (χ3n) is 4.63. The lowest BCUT2D eigenvalue weighted by Crippen LogP contribution is -2.31. The number of aliphatic hydroxyl groups is 1. The van der Waals surface area contributed by atoms with Gasteiger partial charge in [0.1, 0.15) is 16.7 Å². The smallest absolute Gasteiger partial charge is 0.270 e. The molecule has 1 aliphatic rings. The van der Waals surface area contributed by atoms with Gasteiger partial charge in [0.15, 0.2) is 0 Å². The van der Waals surface area contributed by atoms with Crippen LogP contribution in [0.4, 0.5) is 4.39 Å². The maximum Gasteiger partial charge on any atom is 0.270 e. The first-order valence-corrected chi connectivity index (χ1v) is 9.40. The van der Waals surface area contributed by atoms with Gasteiger partial charge in [-0.2, -0.15) is 0 Å². The molecule has 0 aliphatic heterocycles. The molecule has 1 fully saturated rings. The van der Waals surface area contributed by atoms with Crippen LogP contribution in [-0.4, -0.2) is 29.1 Å². The van der Waals surface area contributed by atoms with Gasteiger partial charge >= 0.3 is 0 Å².